The van der Waals surface area contributed by atoms with Crippen LogP contribution in [0.2, 0.25) is 0 Å². The van der Waals surface area contributed by atoms with Gasteiger partial charge in [-0.25, -0.2) is 0 Å². The average Bonchev–Trinajstić information content (AvgIpc) is 2.83. The molecule has 5 amide bonds. The predicted molar refractivity (Wildman–Crippen MR) is 156 cm³/mol. The maximum absolute atomic E-state index is 13.5. The molecule has 7 N–H and O–H groups in total. The second kappa shape index (κ2) is 17.2. The molecule has 0 aromatic carbocycles. The Kier molecular flexibility index (Phi) is 15.2. The summed E-state index contributed by atoms with van der Waals surface area (Å²) in [6, 6.07) is -4.53. The molecule has 230 valence electrons. The summed E-state index contributed by atoms with van der Waals surface area (Å²) in [6.07, 6.45) is 2.65. The van der Waals surface area contributed by atoms with Gasteiger partial charge in [0.25, 0.3) is 0 Å². The van der Waals surface area contributed by atoms with Crippen molar-refractivity contribution in [2.24, 2.45) is 29.4 Å². The van der Waals surface area contributed by atoms with Gasteiger partial charge in [-0.1, -0.05) is 55.4 Å². The first-order valence-electron chi connectivity index (χ1n) is 14.9. The normalized spacial score (nSPS) is 25.7. The molecule has 1 fully saturated rings. The molecule has 0 bridgehead atoms. The number of amides is 5. The molecule has 0 radical (unpaired) electrons. The van der Waals surface area contributed by atoms with Crippen LogP contribution in [0.1, 0.15) is 93.9 Å². The van der Waals surface area contributed by atoms with Gasteiger partial charge in [0.05, 0.1) is 0 Å². The molecule has 1 aliphatic heterocycles. The van der Waals surface area contributed by atoms with Crippen LogP contribution in [0.4, 0.5) is 0 Å². The molecular formula is C29H54N6O5. The summed E-state index contributed by atoms with van der Waals surface area (Å²) in [4.78, 5) is 67.3. The van der Waals surface area contributed by atoms with Crippen molar-refractivity contribution in [2.45, 2.75) is 124 Å². The van der Waals surface area contributed by atoms with Gasteiger partial charge < -0.3 is 32.3 Å². The molecule has 0 aromatic rings. The fraction of sp³-hybridized carbons (Fsp3) is 0.828. The minimum Gasteiger partial charge on any atom is -0.343 e. The Balaban J connectivity index is 3.57. The van der Waals surface area contributed by atoms with Gasteiger partial charge >= 0.3 is 0 Å². The Labute approximate surface area is 240 Å². The SMILES string of the molecule is CC(C)C[C@@H]1NC(=O)[C@H](CCCCN)NC(=O)[C@H](CC(C)C)NC(=O)[C@@H](C(C)C)NC(=O)[C@H](CC(C)C)NC1=O. The molecule has 0 unspecified atom stereocenters. The Morgan fingerprint density at radius 2 is 0.875 bits per heavy atom. The summed E-state index contributed by atoms with van der Waals surface area (Å²) in [5.41, 5.74) is 5.65. The molecule has 40 heavy (non-hydrogen) atoms. The third-order valence-corrected chi connectivity index (χ3v) is 6.85. The standard InChI is InChI=1S/C29H54N6O5/c1-16(2)13-21-27(38)33-23(15-18(5)6)28(39)35-24(19(7)8)29(40)34-22(14-17(3)4)26(37)31-20(25(36)32-21)11-9-10-12-30/h16-24H,9-15,30H2,1-8H3,(H,31,37)(H,32,36)(H,33,38)(H,34,40)(H,35,39)/t20-,21-,22-,23-,24+/m0/s1. The van der Waals surface area contributed by atoms with E-state index in [9.17, 15) is 24.0 Å². The molecule has 0 aliphatic carbocycles. The average molecular weight is 567 g/mol. The Morgan fingerprint density at radius 1 is 0.525 bits per heavy atom. The number of hydrogen-bond acceptors (Lipinski definition) is 6. The van der Waals surface area contributed by atoms with E-state index in [1.54, 1.807) is 13.8 Å². The van der Waals surface area contributed by atoms with E-state index >= 15 is 0 Å². The van der Waals surface area contributed by atoms with E-state index in [0.717, 1.165) is 0 Å². The van der Waals surface area contributed by atoms with Crippen LogP contribution in [0.15, 0.2) is 0 Å². The molecule has 11 nitrogen and oxygen atoms in total. The molecule has 0 aromatic heterocycles. The monoisotopic (exact) mass is 566 g/mol. The van der Waals surface area contributed by atoms with Gasteiger partial charge in [-0.15, -0.1) is 0 Å². The molecular weight excluding hydrogens is 512 g/mol. The van der Waals surface area contributed by atoms with Crippen molar-refractivity contribution in [3.63, 3.8) is 0 Å². The fourth-order valence-corrected chi connectivity index (χ4v) is 4.74. The number of hydrogen-bond donors (Lipinski definition) is 6. The lowest BCUT2D eigenvalue weighted by atomic mass is 9.98. The van der Waals surface area contributed by atoms with Crippen molar-refractivity contribution >= 4 is 29.5 Å². The molecule has 0 saturated carbocycles. The van der Waals surface area contributed by atoms with Crippen LogP contribution in [0.25, 0.3) is 0 Å². The third kappa shape index (κ3) is 12.2. The number of nitrogens with two attached hydrogens (primary N) is 1. The lowest BCUT2D eigenvalue weighted by molar-refractivity contribution is -0.135. The van der Waals surface area contributed by atoms with Crippen LogP contribution in [-0.4, -0.2) is 66.3 Å². The summed E-state index contributed by atoms with van der Waals surface area (Å²) >= 11 is 0. The van der Waals surface area contributed by atoms with Crippen molar-refractivity contribution in [3.05, 3.63) is 0 Å². The van der Waals surface area contributed by atoms with Gasteiger partial charge in [0, 0.05) is 0 Å². The van der Waals surface area contributed by atoms with Gasteiger partial charge in [0.15, 0.2) is 0 Å². The van der Waals surface area contributed by atoms with Gasteiger partial charge in [-0.2, -0.15) is 0 Å². The highest BCUT2D eigenvalue weighted by Crippen LogP contribution is 2.13. The van der Waals surface area contributed by atoms with Crippen LogP contribution in [0.3, 0.4) is 0 Å². The van der Waals surface area contributed by atoms with E-state index in [4.69, 9.17) is 5.73 Å². The zero-order valence-corrected chi connectivity index (χ0v) is 25.8. The summed E-state index contributed by atoms with van der Waals surface area (Å²) < 4.78 is 0. The fourth-order valence-electron chi connectivity index (χ4n) is 4.74. The zero-order valence-electron chi connectivity index (χ0n) is 25.8. The Hall–Kier alpha value is -2.69. The smallest absolute Gasteiger partial charge is 0.243 e. The Morgan fingerprint density at radius 3 is 1.25 bits per heavy atom. The first-order chi connectivity index (χ1) is 18.7. The van der Waals surface area contributed by atoms with Crippen LogP contribution in [0, 0.1) is 23.7 Å². The second-order valence-corrected chi connectivity index (χ2v) is 12.6. The van der Waals surface area contributed by atoms with Gasteiger partial charge in [-0.3, -0.25) is 24.0 Å². The highest BCUT2D eigenvalue weighted by molar-refractivity contribution is 5.97. The molecule has 1 heterocycles. The van der Waals surface area contributed by atoms with E-state index < -0.39 is 59.7 Å². The second-order valence-electron chi connectivity index (χ2n) is 12.6. The van der Waals surface area contributed by atoms with Crippen LogP contribution in [0.5, 0.6) is 0 Å². The van der Waals surface area contributed by atoms with Gasteiger partial charge in [0.2, 0.25) is 29.5 Å². The number of unbranched alkanes of at least 4 members (excludes halogenated alkanes) is 1. The van der Waals surface area contributed by atoms with Crippen molar-refractivity contribution < 1.29 is 24.0 Å². The quantitative estimate of drug-likeness (QED) is 0.206. The lowest BCUT2D eigenvalue weighted by Gasteiger charge is -2.28. The zero-order chi connectivity index (χ0) is 30.6. The van der Waals surface area contributed by atoms with Crippen molar-refractivity contribution in [2.75, 3.05) is 6.54 Å². The Bertz CT molecular complexity index is 860. The first kappa shape index (κ1) is 35.3. The first-order valence-corrected chi connectivity index (χ1v) is 14.9. The summed E-state index contributed by atoms with van der Waals surface area (Å²) in [5.74, 6) is -2.48. The number of nitrogens with one attached hydrogen (secondary N) is 5. The van der Waals surface area contributed by atoms with Crippen molar-refractivity contribution in [1.29, 1.82) is 0 Å². The van der Waals surface area contributed by atoms with Crippen LogP contribution >= 0.6 is 0 Å². The van der Waals surface area contributed by atoms with Crippen LogP contribution in [-0.2, 0) is 24.0 Å². The molecule has 0 spiro atoms. The minimum absolute atomic E-state index is 0.0717. The van der Waals surface area contributed by atoms with E-state index in [1.807, 2.05) is 41.5 Å². The summed E-state index contributed by atoms with van der Waals surface area (Å²) in [7, 11) is 0. The predicted octanol–water partition coefficient (Wildman–Crippen LogP) is 1.35. The molecule has 5 atom stereocenters. The van der Waals surface area contributed by atoms with E-state index in [1.165, 1.54) is 0 Å². The highest BCUT2D eigenvalue weighted by atomic mass is 16.2. The largest absolute Gasteiger partial charge is 0.343 e. The molecule has 1 saturated heterocycles. The number of rotatable bonds is 11. The van der Waals surface area contributed by atoms with Gasteiger partial charge in [-0.05, 0) is 68.7 Å². The van der Waals surface area contributed by atoms with Gasteiger partial charge in [0.1, 0.15) is 30.2 Å². The number of carbonyl (C=O) groups is 5. The van der Waals surface area contributed by atoms with Crippen LogP contribution < -0.4 is 32.3 Å². The topological polar surface area (TPSA) is 172 Å². The maximum Gasteiger partial charge on any atom is 0.243 e. The van der Waals surface area contributed by atoms with Crippen molar-refractivity contribution in [1.82, 2.24) is 26.6 Å². The molecule has 1 aliphatic rings. The number of carbonyl (C=O) groups excluding carboxylic acids is 5. The highest BCUT2D eigenvalue weighted by Gasteiger charge is 2.35. The summed E-state index contributed by atoms with van der Waals surface area (Å²) in [5, 5.41) is 14.1. The van der Waals surface area contributed by atoms with E-state index in [2.05, 4.69) is 26.6 Å². The van der Waals surface area contributed by atoms with E-state index in [-0.39, 0.29) is 23.7 Å². The molecule has 11 heteroatoms. The molecule has 1 rings (SSSR count). The lowest BCUT2D eigenvalue weighted by Crippen LogP contribution is -2.59. The van der Waals surface area contributed by atoms with Crippen molar-refractivity contribution in [3.8, 4) is 0 Å². The minimum atomic E-state index is -0.918. The maximum atomic E-state index is 13.5. The third-order valence-electron chi connectivity index (χ3n) is 6.85. The summed E-state index contributed by atoms with van der Waals surface area (Å²) in [6.45, 7) is 15.7. The van der Waals surface area contributed by atoms with E-state index in [0.29, 0.717) is 45.1 Å².